The molecule has 0 amide bonds. The Bertz CT molecular complexity index is 544. The van der Waals surface area contributed by atoms with Gasteiger partial charge in [-0.15, -0.1) is 0 Å². The van der Waals surface area contributed by atoms with Crippen LogP contribution in [0.5, 0.6) is 0 Å². The van der Waals surface area contributed by atoms with Crippen LogP contribution < -0.4 is 0 Å². The van der Waals surface area contributed by atoms with Crippen LogP contribution in [0.15, 0.2) is 48.5 Å². The van der Waals surface area contributed by atoms with Crippen LogP contribution in [0.4, 0.5) is 8.78 Å². The van der Waals surface area contributed by atoms with Crippen LogP contribution in [0.3, 0.4) is 0 Å². The second-order valence-electron chi connectivity index (χ2n) is 4.09. The molecule has 0 N–H and O–H groups in total. The highest BCUT2D eigenvalue weighted by Crippen LogP contribution is 2.23. The second kappa shape index (κ2) is 5.08. The topological polar surface area (TPSA) is 17.1 Å². The molecule has 2 rings (SSSR count). The van der Waals surface area contributed by atoms with Gasteiger partial charge in [-0.1, -0.05) is 43.3 Å². The summed E-state index contributed by atoms with van der Waals surface area (Å²) in [5.41, 5.74) is 0.277. The van der Waals surface area contributed by atoms with Crippen molar-refractivity contribution in [1.82, 2.24) is 0 Å². The Morgan fingerprint density at radius 2 is 1.50 bits per heavy atom. The molecule has 0 fully saturated rings. The van der Waals surface area contributed by atoms with E-state index < -0.39 is 28.9 Å². The van der Waals surface area contributed by atoms with Gasteiger partial charge in [-0.3, -0.25) is 4.79 Å². The largest absolute Gasteiger partial charge is 0.293 e. The Morgan fingerprint density at radius 3 is 2.06 bits per heavy atom. The molecule has 3 heteroatoms. The quantitative estimate of drug-likeness (QED) is 0.749. The van der Waals surface area contributed by atoms with Crippen LogP contribution in [0.2, 0.25) is 0 Å². The maximum atomic E-state index is 13.5. The molecule has 1 unspecified atom stereocenters. The molecule has 0 bridgehead atoms. The third-order valence-electron chi connectivity index (χ3n) is 2.90. The van der Waals surface area contributed by atoms with Crippen LogP contribution in [0.25, 0.3) is 0 Å². The van der Waals surface area contributed by atoms with Crippen LogP contribution in [-0.2, 0) is 0 Å². The lowest BCUT2D eigenvalue weighted by molar-refractivity contribution is 0.0958. The molecular formula is C15H12F2O. The molecule has 0 saturated carbocycles. The van der Waals surface area contributed by atoms with Gasteiger partial charge in [-0.25, -0.2) is 8.78 Å². The second-order valence-corrected chi connectivity index (χ2v) is 4.09. The van der Waals surface area contributed by atoms with Gasteiger partial charge in [0.05, 0.1) is 5.56 Å². The van der Waals surface area contributed by atoms with Gasteiger partial charge in [0.15, 0.2) is 5.78 Å². The fourth-order valence-electron chi connectivity index (χ4n) is 1.84. The number of ketones is 1. The Morgan fingerprint density at radius 1 is 0.944 bits per heavy atom. The van der Waals surface area contributed by atoms with Crippen molar-refractivity contribution in [1.29, 1.82) is 0 Å². The average Bonchev–Trinajstić information content (AvgIpc) is 2.38. The number of Topliss-reactive ketones (excluding diaryl/α,β-unsaturated/α-hetero) is 1. The van der Waals surface area contributed by atoms with Crippen LogP contribution in [-0.4, -0.2) is 5.78 Å². The molecule has 92 valence electrons. The molecule has 2 aromatic carbocycles. The van der Waals surface area contributed by atoms with Crippen LogP contribution in [0, 0.1) is 11.6 Å². The predicted molar refractivity (Wildman–Crippen MR) is 65.5 cm³/mol. The molecule has 0 heterocycles. The van der Waals surface area contributed by atoms with E-state index in [2.05, 4.69) is 0 Å². The fraction of sp³-hybridized carbons (Fsp3) is 0.133. The summed E-state index contributed by atoms with van der Waals surface area (Å²) < 4.78 is 27.0. The number of carbonyl (C=O) groups is 1. The summed E-state index contributed by atoms with van der Waals surface area (Å²) in [6.07, 6.45) is 0. The van der Waals surface area contributed by atoms with Crippen LogP contribution >= 0.6 is 0 Å². The minimum absolute atomic E-state index is 0.464. The molecule has 0 aliphatic heterocycles. The minimum Gasteiger partial charge on any atom is -0.293 e. The summed E-state index contributed by atoms with van der Waals surface area (Å²) in [6.45, 7) is 1.64. The van der Waals surface area contributed by atoms with E-state index in [4.69, 9.17) is 0 Å². The summed E-state index contributed by atoms with van der Waals surface area (Å²) in [4.78, 5) is 12.1. The SMILES string of the molecule is CC(C(=O)c1c(F)cccc1F)c1ccccc1. The lowest BCUT2D eigenvalue weighted by atomic mass is 9.92. The lowest BCUT2D eigenvalue weighted by Gasteiger charge is -2.12. The molecule has 1 nitrogen and oxygen atoms in total. The lowest BCUT2D eigenvalue weighted by Crippen LogP contribution is -2.13. The normalized spacial score (nSPS) is 12.2. The Hall–Kier alpha value is -2.03. The van der Waals surface area contributed by atoms with Gasteiger partial charge in [0.1, 0.15) is 11.6 Å². The van der Waals surface area contributed by atoms with Gasteiger partial charge >= 0.3 is 0 Å². The number of hydrogen-bond donors (Lipinski definition) is 0. The molecule has 0 aliphatic carbocycles. The maximum absolute atomic E-state index is 13.5. The number of carbonyl (C=O) groups excluding carboxylic acids is 1. The third-order valence-corrected chi connectivity index (χ3v) is 2.90. The maximum Gasteiger partial charge on any atom is 0.175 e. The van der Waals surface area contributed by atoms with Crippen molar-refractivity contribution < 1.29 is 13.6 Å². The summed E-state index contributed by atoms with van der Waals surface area (Å²) in [6, 6.07) is 12.4. The van der Waals surface area contributed by atoms with Crippen molar-refractivity contribution in [2.24, 2.45) is 0 Å². The van der Waals surface area contributed by atoms with Gasteiger partial charge in [0, 0.05) is 5.92 Å². The number of hydrogen-bond acceptors (Lipinski definition) is 1. The highest BCUT2D eigenvalue weighted by molar-refractivity contribution is 6.01. The summed E-state index contributed by atoms with van der Waals surface area (Å²) in [7, 11) is 0. The highest BCUT2D eigenvalue weighted by Gasteiger charge is 2.23. The standard InChI is InChI=1S/C15H12F2O/c1-10(11-6-3-2-4-7-11)15(18)14-12(16)8-5-9-13(14)17/h2-10H,1H3. The van der Waals surface area contributed by atoms with Gasteiger partial charge in [0.2, 0.25) is 0 Å². The van der Waals surface area contributed by atoms with E-state index in [9.17, 15) is 13.6 Å². The van der Waals surface area contributed by atoms with Crippen LogP contribution in [0.1, 0.15) is 28.8 Å². The van der Waals surface area contributed by atoms with Crippen molar-refractivity contribution >= 4 is 5.78 Å². The Labute approximate surface area is 104 Å². The summed E-state index contributed by atoms with van der Waals surface area (Å²) >= 11 is 0. The molecule has 0 aliphatic rings. The Kier molecular flexibility index (Phi) is 3.51. The van der Waals surface area contributed by atoms with E-state index in [-0.39, 0.29) is 0 Å². The molecule has 1 atom stereocenters. The summed E-state index contributed by atoms with van der Waals surface area (Å²) in [5.74, 6) is -2.75. The fourth-order valence-corrected chi connectivity index (χ4v) is 1.84. The molecule has 0 radical (unpaired) electrons. The van der Waals surface area contributed by atoms with E-state index in [1.807, 2.05) is 6.07 Å². The van der Waals surface area contributed by atoms with Gasteiger partial charge in [-0.2, -0.15) is 0 Å². The predicted octanol–water partition coefficient (Wildman–Crippen LogP) is 3.95. The van der Waals surface area contributed by atoms with Crippen molar-refractivity contribution in [3.05, 3.63) is 71.3 Å². The average molecular weight is 246 g/mol. The van der Waals surface area contributed by atoms with E-state index >= 15 is 0 Å². The first-order valence-corrected chi connectivity index (χ1v) is 5.64. The number of benzene rings is 2. The highest BCUT2D eigenvalue weighted by atomic mass is 19.1. The first-order chi connectivity index (χ1) is 8.61. The molecule has 2 aromatic rings. The van der Waals surface area contributed by atoms with E-state index in [1.54, 1.807) is 31.2 Å². The van der Waals surface area contributed by atoms with E-state index in [1.165, 1.54) is 6.07 Å². The van der Waals surface area contributed by atoms with Crippen molar-refractivity contribution in [3.63, 3.8) is 0 Å². The van der Waals surface area contributed by atoms with E-state index in [0.29, 0.717) is 0 Å². The van der Waals surface area contributed by atoms with Gasteiger partial charge < -0.3 is 0 Å². The Balaban J connectivity index is 2.38. The first kappa shape index (κ1) is 12.4. The van der Waals surface area contributed by atoms with Gasteiger partial charge in [0.25, 0.3) is 0 Å². The summed E-state index contributed by atoms with van der Waals surface area (Å²) in [5, 5.41) is 0. The zero-order chi connectivity index (χ0) is 13.1. The monoisotopic (exact) mass is 246 g/mol. The zero-order valence-corrected chi connectivity index (χ0v) is 9.86. The zero-order valence-electron chi connectivity index (χ0n) is 9.86. The molecular weight excluding hydrogens is 234 g/mol. The van der Waals surface area contributed by atoms with E-state index in [0.717, 1.165) is 17.7 Å². The number of rotatable bonds is 3. The number of halogens is 2. The van der Waals surface area contributed by atoms with Gasteiger partial charge in [-0.05, 0) is 17.7 Å². The molecule has 0 aromatic heterocycles. The molecule has 18 heavy (non-hydrogen) atoms. The third kappa shape index (κ3) is 2.30. The minimum atomic E-state index is -0.817. The van der Waals surface area contributed by atoms with Crippen molar-refractivity contribution in [2.75, 3.05) is 0 Å². The first-order valence-electron chi connectivity index (χ1n) is 5.64. The molecule has 0 spiro atoms. The smallest absolute Gasteiger partial charge is 0.175 e. The van der Waals surface area contributed by atoms with Crippen molar-refractivity contribution in [2.45, 2.75) is 12.8 Å². The molecule has 0 saturated heterocycles. The van der Waals surface area contributed by atoms with Crippen molar-refractivity contribution in [3.8, 4) is 0 Å².